The first-order valence-corrected chi connectivity index (χ1v) is 8.35. The average molecular weight is 267 g/mol. The van der Waals surface area contributed by atoms with Crippen molar-refractivity contribution in [2.45, 2.75) is 103 Å². The Hall–Kier alpha value is -0.0800. The van der Waals surface area contributed by atoms with E-state index in [1.54, 1.807) is 0 Å². The molecule has 0 amide bonds. The number of rotatable bonds is 4. The number of hydrogen-bond acceptors (Lipinski definition) is 2. The lowest BCUT2D eigenvalue weighted by Gasteiger charge is -2.33. The summed E-state index contributed by atoms with van der Waals surface area (Å²) in [5.74, 6) is 0. The molecule has 1 spiro atoms. The van der Waals surface area contributed by atoms with Gasteiger partial charge in [-0.1, -0.05) is 40.0 Å². The van der Waals surface area contributed by atoms with Crippen LogP contribution in [0.2, 0.25) is 0 Å². The van der Waals surface area contributed by atoms with Gasteiger partial charge in [-0.15, -0.1) is 0 Å². The van der Waals surface area contributed by atoms with Crippen LogP contribution in [0.3, 0.4) is 0 Å². The Morgan fingerprint density at radius 1 is 1.16 bits per heavy atom. The summed E-state index contributed by atoms with van der Waals surface area (Å²) in [6.07, 6.45) is 13.5. The summed E-state index contributed by atoms with van der Waals surface area (Å²) in [4.78, 5) is 0. The van der Waals surface area contributed by atoms with Gasteiger partial charge in [0.2, 0.25) is 0 Å². The molecule has 2 unspecified atom stereocenters. The lowest BCUT2D eigenvalue weighted by molar-refractivity contribution is -0.0662. The molecular weight excluding hydrogens is 234 g/mol. The minimum Gasteiger partial charge on any atom is -0.372 e. The molecule has 0 bridgehead atoms. The van der Waals surface area contributed by atoms with E-state index in [2.05, 4.69) is 20.8 Å². The van der Waals surface area contributed by atoms with E-state index < -0.39 is 0 Å². The van der Waals surface area contributed by atoms with Crippen molar-refractivity contribution in [3.8, 4) is 0 Å². The Bertz CT molecular complexity index is 275. The maximum absolute atomic E-state index is 6.42. The Balaban J connectivity index is 1.68. The van der Waals surface area contributed by atoms with E-state index in [1.165, 1.54) is 57.8 Å². The Labute approximate surface area is 119 Å². The highest BCUT2D eigenvalue weighted by molar-refractivity contribution is 4.91. The average Bonchev–Trinajstić information content (AvgIpc) is 2.72. The fourth-order valence-electron chi connectivity index (χ4n) is 3.66. The lowest BCUT2D eigenvalue weighted by Crippen LogP contribution is -2.35. The van der Waals surface area contributed by atoms with E-state index in [9.17, 15) is 0 Å². The molecule has 2 nitrogen and oxygen atoms in total. The summed E-state index contributed by atoms with van der Waals surface area (Å²) in [5, 5.41) is 0. The van der Waals surface area contributed by atoms with Gasteiger partial charge in [0.15, 0.2) is 0 Å². The van der Waals surface area contributed by atoms with Gasteiger partial charge in [-0.2, -0.15) is 0 Å². The van der Waals surface area contributed by atoms with E-state index in [4.69, 9.17) is 10.5 Å². The highest BCUT2D eigenvalue weighted by Crippen LogP contribution is 2.43. The van der Waals surface area contributed by atoms with Gasteiger partial charge in [-0.25, -0.2) is 0 Å². The molecule has 1 saturated carbocycles. The third-order valence-electron chi connectivity index (χ3n) is 5.26. The SMILES string of the molecule is CC(C)(C)C(N)CCCC1CCC2(CCCCC2)O1. The van der Waals surface area contributed by atoms with Crippen LogP contribution in [0.4, 0.5) is 0 Å². The number of nitrogens with two attached hydrogens (primary N) is 1. The molecule has 0 radical (unpaired) electrons. The molecule has 1 heterocycles. The molecule has 112 valence electrons. The van der Waals surface area contributed by atoms with E-state index in [-0.39, 0.29) is 11.0 Å². The van der Waals surface area contributed by atoms with Gasteiger partial charge in [-0.05, 0) is 50.4 Å². The molecule has 0 aromatic heterocycles. The zero-order chi connectivity index (χ0) is 13.9. The summed E-state index contributed by atoms with van der Waals surface area (Å²) in [7, 11) is 0. The predicted molar refractivity (Wildman–Crippen MR) is 81.2 cm³/mol. The highest BCUT2D eigenvalue weighted by atomic mass is 16.5. The van der Waals surface area contributed by atoms with Gasteiger partial charge in [0.25, 0.3) is 0 Å². The molecule has 0 aromatic rings. The first kappa shape index (κ1) is 15.3. The van der Waals surface area contributed by atoms with E-state index >= 15 is 0 Å². The van der Waals surface area contributed by atoms with Crippen LogP contribution in [0.15, 0.2) is 0 Å². The van der Waals surface area contributed by atoms with Crippen LogP contribution in [0.25, 0.3) is 0 Å². The van der Waals surface area contributed by atoms with E-state index in [0.717, 1.165) is 6.42 Å². The fourth-order valence-corrected chi connectivity index (χ4v) is 3.66. The van der Waals surface area contributed by atoms with Crippen LogP contribution in [0.5, 0.6) is 0 Å². The Kier molecular flexibility index (Phi) is 4.94. The van der Waals surface area contributed by atoms with Crippen molar-refractivity contribution in [3.63, 3.8) is 0 Å². The molecular formula is C17H33NO. The van der Waals surface area contributed by atoms with Crippen molar-refractivity contribution in [2.75, 3.05) is 0 Å². The van der Waals surface area contributed by atoms with E-state index in [1.807, 2.05) is 0 Å². The molecule has 2 rings (SSSR count). The maximum Gasteiger partial charge on any atom is 0.0687 e. The Morgan fingerprint density at radius 2 is 1.84 bits per heavy atom. The van der Waals surface area contributed by atoms with Crippen molar-refractivity contribution in [1.82, 2.24) is 0 Å². The van der Waals surface area contributed by atoms with Gasteiger partial charge in [0.05, 0.1) is 11.7 Å². The zero-order valence-electron chi connectivity index (χ0n) is 13.2. The molecule has 1 aliphatic carbocycles. The predicted octanol–water partition coefficient (Wildman–Crippen LogP) is 4.41. The monoisotopic (exact) mass is 267 g/mol. The van der Waals surface area contributed by atoms with Gasteiger partial charge in [0, 0.05) is 6.04 Å². The van der Waals surface area contributed by atoms with Gasteiger partial charge in [-0.3, -0.25) is 0 Å². The van der Waals surface area contributed by atoms with Gasteiger partial charge >= 0.3 is 0 Å². The second kappa shape index (κ2) is 6.13. The minimum absolute atomic E-state index is 0.237. The molecule has 2 atom stereocenters. The standard InChI is InChI=1S/C17H33NO/c1-16(2,3)15(18)9-7-8-14-10-13-17(19-14)11-5-4-6-12-17/h14-15H,4-13,18H2,1-3H3. The largest absolute Gasteiger partial charge is 0.372 e. The maximum atomic E-state index is 6.42. The van der Waals surface area contributed by atoms with Crippen LogP contribution in [-0.2, 0) is 4.74 Å². The third kappa shape index (κ3) is 4.19. The first-order valence-electron chi connectivity index (χ1n) is 8.35. The summed E-state index contributed by atoms with van der Waals surface area (Å²) < 4.78 is 6.42. The van der Waals surface area contributed by atoms with E-state index in [0.29, 0.717) is 12.1 Å². The van der Waals surface area contributed by atoms with Crippen molar-refractivity contribution in [3.05, 3.63) is 0 Å². The third-order valence-corrected chi connectivity index (χ3v) is 5.26. The molecule has 1 aliphatic heterocycles. The van der Waals surface area contributed by atoms with Crippen molar-refractivity contribution < 1.29 is 4.74 Å². The minimum atomic E-state index is 0.237. The van der Waals surface area contributed by atoms with Crippen LogP contribution in [0, 0.1) is 5.41 Å². The molecule has 2 heteroatoms. The second-order valence-corrected chi connectivity index (χ2v) is 7.93. The molecule has 2 fully saturated rings. The molecule has 19 heavy (non-hydrogen) atoms. The van der Waals surface area contributed by atoms with Crippen molar-refractivity contribution >= 4 is 0 Å². The summed E-state index contributed by atoms with van der Waals surface area (Å²) in [5.41, 5.74) is 6.75. The summed E-state index contributed by atoms with van der Waals surface area (Å²) in [6.45, 7) is 6.71. The summed E-state index contributed by atoms with van der Waals surface area (Å²) in [6, 6.07) is 0.317. The molecule has 2 aliphatic rings. The lowest BCUT2D eigenvalue weighted by atomic mass is 9.83. The van der Waals surface area contributed by atoms with Crippen LogP contribution in [0.1, 0.15) is 85.0 Å². The Morgan fingerprint density at radius 3 is 2.47 bits per heavy atom. The number of hydrogen-bond donors (Lipinski definition) is 1. The second-order valence-electron chi connectivity index (χ2n) is 7.93. The fraction of sp³-hybridized carbons (Fsp3) is 1.00. The van der Waals surface area contributed by atoms with Crippen molar-refractivity contribution in [2.24, 2.45) is 11.1 Å². The molecule has 2 N–H and O–H groups in total. The normalized spacial score (nSPS) is 28.7. The molecule has 0 aromatic carbocycles. The van der Waals surface area contributed by atoms with Crippen molar-refractivity contribution in [1.29, 1.82) is 0 Å². The molecule has 1 saturated heterocycles. The van der Waals surface area contributed by atoms with Gasteiger partial charge in [0.1, 0.15) is 0 Å². The van der Waals surface area contributed by atoms with Crippen LogP contribution in [-0.4, -0.2) is 17.7 Å². The topological polar surface area (TPSA) is 35.2 Å². The zero-order valence-corrected chi connectivity index (χ0v) is 13.2. The highest BCUT2D eigenvalue weighted by Gasteiger charge is 2.40. The smallest absolute Gasteiger partial charge is 0.0687 e. The van der Waals surface area contributed by atoms with Gasteiger partial charge < -0.3 is 10.5 Å². The quantitative estimate of drug-likeness (QED) is 0.818. The van der Waals surface area contributed by atoms with Crippen LogP contribution < -0.4 is 5.73 Å². The first-order chi connectivity index (χ1) is 8.91. The van der Waals surface area contributed by atoms with Crippen LogP contribution >= 0.6 is 0 Å². The number of ether oxygens (including phenoxy) is 1. The summed E-state index contributed by atoms with van der Waals surface area (Å²) >= 11 is 0.